The van der Waals surface area contributed by atoms with E-state index in [1.807, 2.05) is 24.3 Å². The van der Waals surface area contributed by atoms with E-state index in [1.165, 1.54) is 0 Å². The van der Waals surface area contributed by atoms with Crippen LogP contribution < -0.4 is 0 Å². The standard InChI is InChI=1S/C31H41N5O5S/c1-4-6-12-18-41-30(40)25-24-19-21(3)31(42-24)26(25)28(38)35(16-10-7-11-17-37)27(31)29(39)34(15-5-2)20-36-23-14-9-8-13-22(23)32-33-36/h4-5,8-9,13-14,21,24-27,37H,1-2,6-7,10-12,15-20H2,3H3/t21?,24-,25+,26-,27?,31?/m0/s1. The number of aliphatic hydroxyl groups excluding tert-OH is 1. The highest BCUT2D eigenvalue weighted by Crippen LogP contribution is 2.68. The van der Waals surface area contributed by atoms with Gasteiger partial charge in [-0.25, -0.2) is 4.68 Å². The summed E-state index contributed by atoms with van der Waals surface area (Å²) in [5, 5.41) is 17.8. The molecule has 3 saturated heterocycles. The number of carbonyl (C=O) groups excluding carboxylic acids is 3. The number of allylic oxidation sites excluding steroid dienone is 1. The van der Waals surface area contributed by atoms with Crippen molar-refractivity contribution in [3.63, 3.8) is 0 Å². The minimum absolute atomic E-state index is 0.0560. The summed E-state index contributed by atoms with van der Waals surface area (Å²) in [6.45, 7) is 10.9. The van der Waals surface area contributed by atoms with Crippen molar-refractivity contribution in [1.29, 1.82) is 0 Å². The SMILES string of the molecule is C=CCCCOC(=O)[C@@H]1[C@@H]2CC(C)C3(S2)C(C(=O)N(CC=C)Cn2nnc4ccccc42)N(CCCCCO)C(=O)[C@H]13. The van der Waals surface area contributed by atoms with Gasteiger partial charge in [0.2, 0.25) is 11.8 Å². The number of nitrogens with zero attached hydrogens (tertiary/aromatic N) is 5. The Kier molecular flexibility index (Phi) is 9.37. The first-order valence-electron chi connectivity index (χ1n) is 14.9. The molecule has 2 amide bonds. The molecule has 226 valence electrons. The molecule has 10 nitrogen and oxygen atoms in total. The summed E-state index contributed by atoms with van der Waals surface area (Å²) in [4.78, 5) is 45.8. The van der Waals surface area contributed by atoms with Crippen molar-refractivity contribution in [3.8, 4) is 0 Å². The van der Waals surface area contributed by atoms with Crippen molar-refractivity contribution in [2.45, 2.75) is 68.2 Å². The summed E-state index contributed by atoms with van der Waals surface area (Å²) in [7, 11) is 0. The van der Waals surface area contributed by atoms with Gasteiger partial charge in [0.25, 0.3) is 0 Å². The number of hydrogen-bond donors (Lipinski definition) is 1. The highest BCUT2D eigenvalue weighted by atomic mass is 32.2. The number of unbranched alkanes of at least 4 members (excludes halogenated alkanes) is 3. The van der Waals surface area contributed by atoms with E-state index < -0.39 is 22.6 Å². The average Bonchev–Trinajstić information content (AvgIpc) is 3.70. The first kappa shape index (κ1) is 30.3. The molecule has 1 N–H and O–H groups in total. The predicted octanol–water partition coefficient (Wildman–Crippen LogP) is 3.41. The molecule has 3 fully saturated rings. The topological polar surface area (TPSA) is 118 Å². The maximum Gasteiger partial charge on any atom is 0.310 e. The van der Waals surface area contributed by atoms with E-state index in [0.29, 0.717) is 25.8 Å². The molecule has 3 unspecified atom stereocenters. The second-order valence-corrected chi connectivity index (χ2v) is 13.1. The third kappa shape index (κ3) is 5.25. The summed E-state index contributed by atoms with van der Waals surface area (Å²) in [5.41, 5.74) is 1.54. The fraction of sp³-hybridized carbons (Fsp3) is 0.581. The van der Waals surface area contributed by atoms with E-state index in [2.05, 4.69) is 30.4 Å². The second kappa shape index (κ2) is 13.0. The monoisotopic (exact) mass is 595 g/mol. The number of carbonyl (C=O) groups is 3. The normalized spacial score (nSPS) is 27.8. The van der Waals surface area contributed by atoms with Crippen molar-refractivity contribution < 1.29 is 24.2 Å². The van der Waals surface area contributed by atoms with E-state index in [1.54, 1.807) is 38.4 Å². The Morgan fingerprint density at radius 1 is 1.21 bits per heavy atom. The molecule has 2 aromatic rings. The van der Waals surface area contributed by atoms with Crippen LogP contribution in [0.25, 0.3) is 11.0 Å². The molecule has 0 aliphatic carbocycles. The zero-order valence-corrected chi connectivity index (χ0v) is 25.1. The number of rotatable bonds is 15. The first-order valence-corrected chi connectivity index (χ1v) is 15.8. The van der Waals surface area contributed by atoms with E-state index >= 15 is 0 Å². The highest BCUT2D eigenvalue weighted by molar-refractivity contribution is 8.02. The maximum absolute atomic E-state index is 14.7. The summed E-state index contributed by atoms with van der Waals surface area (Å²) in [6.07, 6.45) is 7.68. The molecule has 11 heteroatoms. The highest BCUT2D eigenvalue weighted by Gasteiger charge is 2.76. The van der Waals surface area contributed by atoms with E-state index in [9.17, 15) is 19.5 Å². The van der Waals surface area contributed by atoms with Gasteiger partial charge in [0.1, 0.15) is 18.2 Å². The van der Waals surface area contributed by atoms with Crippen molar-refractivity contribution in [2.24, 2.45) is 17.8 Å². The molecule has 3 aliphatic heterocycles. The third-order valence-corrected chi connectivity index (χ3v) is 11.1. The van der Waals surface area contributed by atoms with Crippen molar-refractivity contribution in [1.82, 2.24) is 24.8 Å². The minimum atomic E-state index is -0.734. The summed E-state index contributed by atoms with van der Waals surface area (Å²) >= 11 is 1.64. The van der Waals surface area contributed by atoms with Crippen LogP contribution in [-0.2, 0) is 25.8 Å². The van der Waals surface area contributed by atoms with Gasteiger partial charge in [0.15, 0.2) is 0 Å². The van der Waals surface area contributed by atoms with Crippen LogP contribution in [-0.4, -0.2) is 90.0 Å². The molecule has 1 spiro atoms. The Hall–Kier alpha value is -3.18. The number of fused-ring (bicyclic) bond motifs is 2. The summed E-state index contributed by atoms with van der Waals surface area (Å²) in [6, 6.07) is 6.85. The van der Waals surface area contributed by atoms with Crippen LogP contribution in [0, 0.1) is 17.8 Å². The number of hydrogen-bond acceptors (Lipinski definition) is 8. The molecule has 1 aromatic carbocycles. The molecule has 6 atom stereocenters. The third-order valence-electron chi connectivity index (χ3n) is 8.99. The fourth-order valence-corrected chi connectivity index (χ4v) is 9.51. The number of aliphatic hydroxyl groups is 1. The Morgan fingerprint density at radius 2 is 2.02 bits per heavy atom. The molecule has 3 aliphatic rings. The average molecular weight is 596 g/mol. The fourth-order valence-electron chi connectivity index (χ4n) is 7.10. The van der Waals surface area contributed by atoms with Crippen LogP contribution in [0.1, 0.15) is 45.4 Å². The van der Waals surface area contributed by atoms with E-state index in [-0.39, 0.29) is 55.4 Å². The van der Waals surface area contributed by atoms with Gasteiger partial charge in [-0.15, -0.1) is 30.0 Å². The number of amides is 2. The van der Waals surface area contributed by atoms with Gasteiger partial charge in [-0.05, 0) is 56.6 Å². The lowest BCUT2D eigenvalue weighted by Gasteiger charge is -2.40. The Labute approximate surface area is 251 Å². The lowest BCUT2D eigenvalue weighted by atomic mass is 9.66. The van der Waals surface area contributed by atoms with Gasteiger partial charge < -0.3 is 19.6 Å². The molecule has 1 aromatic heterocycles. The largest absolute Gasteiger partial charge is 0.465 e. The second-order valence-electron chi connectivity index (χ2n) is 11.5. The molecule has 5 rings (SSSR count). The van der Waals surface area contributed by atoms with Crippen molar-refractivity contribution in [3.05, 3.63) is 49.6 Å². The number of para-hydroxylation sites is 1. The predicted molar refractivity (Wildman–Crippen MR) is 161 cm³/mol. The zero-order valence-electron chi connectivity index (χ0n) is 24.3. The smallest absolute Gasteiger partial charge is 0.310 e. The minimum Gasteiger partial charge on any atom is -0.465 e. The van der Waals surface area contributed by atoms with Crippen LogP contribution in [0.4, 0.5) is 0 Å². The molecular formula is C31H41N5O5S. The van der Waals surface area contributed by atoms with Crippen molar-refractivity contribution >= 4 is 40.6 Å². The van der Waals surface area contributed by atoms with Gasteiger partial charge in [-0.1, -0.05) is 36.4 Å². The van der Waals surface area contributed by atoms with Gasteiger partial charge >= 0.3 is 5.97 Å². The van der Waals surface area contributed by atoms with Crippen LogP contribution in [0.3, 0.4) is 0 Å². The molecule has 2 bridgehead atoms. The van der Waals surface area contributed by atoms with E-state index in [0.717, 1.165) is 30.3 Å². The number of esters is 1. The molecule has 0 radical (unpaired) electrons. The zero-order chi connectivity index (χ0) is 29.9. The first-order chi connectivity index (χ1) is 20.4. The van der Waals surface area contributed by atoms with Crippen molar-refractivity contribution in [2.75, 3.05) is 26.3 Å². The Bertz CT molecular complexity index is 1330. The van der Waals surface area contributed by atoms with Gasteiger partial charge in [-0.3, -0.25) is 14.4 Å². The van der Waals surface area contributed by atoms with Gasteiger partial charge in [0, 0.05) is 24.9 Å². The molecular weight excluding hydrogens is 554 g/mol. The number of thioether (sulfide) groups is 1. The maximum atomic E-state index is 14.7. The summed E-state index contributed by atoms with van der Waals surface area (Å²) in [5.74, 6) is -1.79. The quantitative estimate of drug-likeness (QED) is 0.189. The summed E-state index contributed by atoms with van der Waals surface area (Å²) < 4.78 is 6.65. The van der Waals surface area contributed by atoms with Gasteiger partial charge in [-0.2, -0.15) is 0 Å². The van der Waals surface area contributed by atoms with Crippen LogP contribution in [0.15, 0.2) is 49.6 Å². The van der Waals surface area contributed by atoms with E-state index in [4.69, 9.17) is 4.74 Å². The van der Waals surface area contributed by atoms with Crippen LogP contribution >= 0.6 is 11.8 Å². The van der Waals surface area contributed by atoms with Gasteiger partial charge in [0.05, 0.1) is 28.7 Å². The Balaban J connectivity index is 1.47. The number of benzene rings is 1. The number of likely N-dealkylation sites (tertiary alicyclic amines) is 1. The molecule has 0 saturated carbocycles. The lowest BCUT2D eigenvalue weighted by molar-refractivity contribution is -0.154. The lowest BCUT2D eigenvalue weighted by Crippen LogP contribution is -2.57. The molecule has 4 heterocycles. The van der Waals surface area contributed by atoms with Crippen LogP contribution in [0.2, 0.25) is 0 Å². The molecule has 42 heavy (non-hydrogen) atoms. The Morgan fingerprint density at radius 3 is 2.79 bits per heavy atom. The van der Waals surface area contributed by atoms with Crippen LogP contribution in [0.5, 0.6) is 0 Å². The number of aromatic nitrogens is 3. The number of ether oxygens (including phenoxy) is 1.